The summed E-state index contributed by atoms with van der Waals surface area (Å²) in [6, 6.07) is 0. The van der Waals surface area contributed by atoms with Crippen LogP contribution in [0.15, 0.2) is 10.1 Å². The summed E-state index contributed by atoms with van der Waals surface area (Å²) >= 11 is 4.89. The third-order valence-corrected chi connectivity index (χ3v) is 5.48. The van der Waals surface area contributed by atoms with E-state index >= 15 is 0 Å². The molecule has 4 nitrogen and oxygen atoms in total. The van der Waals surface area contributed by atoms with Gasteiger partial charge in [0.25, 0.3) is 0 Å². The Hall–Kier alpha value is -0.0100. The molecule has 94 valence electrons. The van der Waals surface area contributed by atoms with Crippen molar-refractivity contribution < 1.29 is 14.6 Å². The van der Waals surface area contributed by atoms with Gasteiger partial charge in [0, 0.05) is 12.8 Å². The first-order chi connectivity index (χ1) is 8.14. The number of aliphatic hydroxyl groups is 1. The molecule has 2 fully saturated rings. The molecular weight excluding hydrogens is 306 g/mol. The highest BCUT2D eigenvalue weighted by molar-refractivity contribution is 9.10. The van der Waals surface area contributed by atoms with Crippen LogP contribution in [0.2, 0.25) is 0 Å². The van der Waals surface area contributed by atoms with Crippen LogP contribution in [0.3, 0.4) is 0 Å². The van der Waals surface area contributed by atoms with Gasteiger partial charge in [-0.3, -0.25) is 0 Å². The van der Waals surface area contributed by atoms with Crippen molar-refractivity contribution >= 4 is 27.3 Å². The molecular formula is C11H14BrNO3S. The molecule has 1 aliphatic carbocycles. The Bertz CT molecular complexity index is 407. The summed E-state index contributed by atoms with van der Waals surface area (Å²) in [4.78, 5) is 5.06. The lowest BCUT2D eigenvalue weighted by Crippen LogP contribution is -2.41. The van der Waals surface area contributed by atoms with Gasteiger partial charge >= 0.3 is 0 Å². The van der Waals surface area contributed by atoms with Crippen LogP contribution in [0, 0.1) is 0 Å². The fraction of sp³-hybridized carbons (Fsp3) is 0.727. The van der Waals surface area contributed by atoms with Gasteiger partial charge in [-0.25, -0.2) is 4.98 Å². The maximum atomic E-state index is 10.7. The summed E-state index contributed by atoms with van der Waals surface area (Å²) in [7, 11) is 0. The molecule has 0 bridgehead atoms. The molecule has 0 amide bonds. The number of nitrogens with zero attached hydrogens (tertiary/aromatic N) is 1. The maximum Gasteiger partial charge on any atom is 0.168 e. The normalized spacial score (nSPS) is 26.5. The molecule has 6 heteroatoms. The van der Waals surface area contributed by atoms with E-state index in [4.69, 9.17) is 9.47 Å². The molecule has 0 aromatic carbocycles. The summed E-state index contributed by atoms with van der Waals surface area (Å²) in [5.41, 5.74) is 0.977. The van der Waals surface area contributed by atoms with Crippen molar-refractivity contribution in [2.75, 3.05) is 13.2 Å². The summed E-state index contributed by atoms with van der Waals surface area (Å²) in [6.45, 7) is 1.34. The Labute approximate surface area is 112 Å². The van der Waals surface area contributed by atoms with Gasteiger partial charge in [-0.2, -0.15) is 0 Å². The lowest BCUT2D eigenvalue weighted by atomic mass is 9.80. The number of ether oxygens (including phenoxy) is 2. The number of thiazole rings is 1. The van der Waals surface area contributed by atoms with Crippen LogP contribution in [-0.2, 0) is 15.1 Å². The lowest BCUT2D eigenvalue weighted by Gasteiger charge is -2.40. The van der Waals surface area contributed by atoms with Crippen molar-refractivity contribution in [3.8, 4) is 0 Å². The average Bonchev–Trinajstić information content (AvgIpc) is 2.94. The highest BCUT2D eigenvalue weighted by atomic mass is 79.9. The van der Waals surface area contributed by atoms with Crippen molar-refractivity contribution in [1.29, 1.82) is 0 Å². The van der Waals surface area contributed by atoms with Crippen LogP contribution in [0.1, 0.15) is 30.6 Å². The molecule has 2 heterocycles. The van der Waals surface area contributed by atoms with Crippen LogP contribution in [-0.4, -0.2) is 29.1 Å². The first-order valence-corrected chi connectivity index (χ1v) is 7.41. The van der Waals surface area contributed by atoms with E-state index in [-0.39, 0.29) is 0 Å². The number of rotatable bonds is 1. The van der Waals surface area contributed by atoms with Gasteiger partial charge in [0.1, 0.15) is 10.2 Å². The molecule has 0 atom stereocenters. The van der Waals surface area contributed by atoms with Gasteiger partial charge in [-0.05, 0) is 28.8 Å². The van der Waals surface area contributed by atoms with Crippen molar-refractivity contribution in [3.05, 3.63) is 15.0 Å². The molecule has 1 saturated heterocycles. The molecule has 1 saturated carbocycles. The van der Waals surface area contributed by atoms with E-state index in [0.29, 0.717) is 26.1 Å². The summed E-state index contributed by atoms with van der Waals surface area (Å²) in [6.07, 6.45) is 2.81. The standard InChI is InChI=1S/C11H14BrNO3S/c12-9-8(17-7-13-9)10(14)1-3-11(4-2-10)15-5-6-16-11/h7,14H,1-6H2. The number of hydrogen-bond acceptors (Lipinski definition) is 5. The second-order valence-corrected chi connectivity index (χ2v) is 6.22. The van der Waals surface area contributed by atoms with Crippen LogP contribution in [0.25, 0.3) is 0 Å². The first-order valence-electron chi connectivity index (χ1n) is 5.73. The minimum Gasteiger partial charge on any atom is -0.384 e. The minimum absolute atomic E-state index is 0.427. The summed E-state index contributed by atoms with van der Waals surface area (Å²) < 4.78 is 12.1. The van der Waals surface area contributed by atoms with Crippen LogP contribution in [0.4, 0.5) is 0 Å². The van der Waals surface area contributed by atoms with Gasteiger partial charge in [0.2, 0.25) is 0 Å². The SMILES string of the molecule is OC1(c2scnc2Br)CCC2(CC1)OCCO2. The van der Waals surface area contributed by atoms with E-state index in [1.54, 1.807) is 5.51 Å². The molecule has 0 unspecified atom stereocenters. The van der Waals surface area contributed by atoms with E-state index < -0.39 is 11.4 Å². The molecule has 1 N–H and O–H groups in total. The van der Waals surface area contributed by atoms with Crippen molar-refractivity contribution in [2.45, 2.75) is 37.1 Å². The zero-order valence-electron chi connectivity index (χ0n) is 9.32. The Kier molecular flexibility index (Phi) is 3.03. The molecule has 2 aliphatic rings. The Morgan fingerprint density at radius 2 is 1.88 bits per heavy atom. The Balaban J connectivity index is 1.77. The number of halogens is 1. The van der Waals surface area contributed by atoms with Crippen molar-refractivity contribution in [2.24, 2.45) is 0 Å². The second kappa shape index (κ2) is 4.28. The maximum absolute atomic E-state index is 10.7. The number of aromatic nitrogens is 1. The smallest absolute Gasteiger partial charge is 0.168 e. The topological polar surface area (TPSA) is 51.6 Å². The number of hydrogen-bond donors (Lipinski definition) is 1. The summed E-state index contributed by atoms with van der Waals surface area (Å²) in [5.74, 6) is -0.427. The molecule has 1 aliphatic heterocycles. The second-order valence-electron chi connectivity index (χ2n) is 4.61. The average molecular weight is 320 g/mol. The van der Waals surface area contributed by atoms with Crippen molar-refractivity contribution in [1.82, 2.24) is 4.98 Å². The molecule has 0 radical (unpaired) electrons. The largest absolute Gasteiger partial charge is 0.384 e. The lowest BCUT2D eigenvalue weighted by molar-refractivity contribution is -0.203. The third-order valence-electron chi connectivity index (χ3n) is 3.60. The van der Waals surface area contributed by atoms with E-state index in [2.05, 4.69) is 20.9 Å². The van der Waals surface area contributed by atoms with Crippen LogP contribution < -0.4 is 0 Å². The van der Waals surface area contributed by atoms with E-state index in [0.717, 1.165) is 22.3 Å². The Morgan fingerprint density at radius 3 is 2.41 bits per heavy atom. The van der Waals surface area contributed by atoms with Gasteiger partial charge in [0.05, 0.1) is 23.6 Å². The summed E-state index contributed by atoms with van der Waals surface area (Å²) in [5, 5.41) is 10.7. The molecule has 1 spiro atoms. The molecule has 17 heavy (non-hydrogen) atoms. The van der Waals surface area contributed by atoms with Gasteiger partial charge < -0.3 is 14.6 Å². The van der Waals surface area contributed by atoms with E-state index in [1.807, 2.05) is 0 Å². The van der Waals surface area contributed by atoms with Gasteiger partial charge in [-0.1, -0.05) is 0 Å². The zero-order chi connectivity index (χ0) is 11.9. The van der Waals surface area contributed by atoms with Crippen LogP contribution in [0.5, 0.6) is 0 Å². The van der Waals surface area contributed by atoms with E-state index in [1.165, 1.54) is 11.3 Å². The highest BCUT2D eigenvalue weighted by Crippen LogP contribution is 2.47. The predicted molar refractivity (Wildman–Crippen MR) is 66.8 cm³/mol. The predicted octanol–water partition coefficient (Wildman–Crippen LogP) is 2.41. The highest BCUT2D eigenvalue weighted by Gasteiger charge is 2.47. The monoisotopic (exact) mass is 319 g/mol. The first kappa shape index (κ1) is 12.0. The van der Waals surface area contributed by atoms with Crippen molar-refractivity contribution in [3.63, 3.8) is 0 Å². The zero-order valence-corrected chi connectivity index (χ0v) is 11.7. The quantitative estimate of drug-likeness (QED) is 0.863. The molecule has 1 aromatic heterocycles. The molecule has 1 aromatic rings. The van der Waals surface area contributed by atoms with Gasteiger partial charge in [0.15, 0.2) is 5.79 Å². The fourth-order valence-corrected chi connectivity index (χ4v) is 4.32. The van der Waals surface area contributed by atoms with Crippen LogP contribution >= 0.6 is 27.3 Å². The Morgan fingerprint density at radius 1 is 1.24 bits per heavy atom. The van der Waals surface area contributed by atoms with Gasteiger partial charge in [-0.15, -0.1) is 11.3 Å². The fourth-order valence-electron chi connectivity index (χ4n) is 2.59. The molecule has 3 rings (SSSR count). The minimum atomic E-state index is -0.777. The van der Waals surface area contributed by atoms with E-state index in [9.17, 15) is 5.11 Å². The third kappa shape index (κ3) is 2.06.